The normalized spacial score (nSPS) is 11.7. The van der Waals surface area contributed by atoms with Crippen LogP contribution in [-0.4, -0.2) is 32.3 Å². The second-order valence-corrected chi connectivity index (χ2v) is 6.24. The number of benzene rings is 2. The maximum Gasteiger partial charge on any atom is 0.260 e. The molecule has 0 fully saturated rings. The Morgan fingerprint density at radius 1 is 0.962 bits per heavy atom. The van der Waals surface area contributed by atoms with Crippen LogP contribution in [0.15, 0.2) is 48.5 Å². The van der Waals surface area contributed by atoms with Crippen molar-refractivity contribution in [1.29, 1.82) is 0 Å². The van der Waals surface area contributed by atoms with Gasteiger partial charge in [0, 0.05) is 0 Å². The summed E-state index contributed by atoms with van der Waals surface area (Å²) in [6.45, 7) is 6.76. The van der Waals surface area contributed by atoms with E-state index in [4.69, 9.17) is 14.2 Å². The van der Waals surface area contributed by atoms with E-state index in [1.165, 1.54) is 0 Å². The molecule has 1 amide bonds. The van der Waals surface area contributed by atoms with E-state index < -0.39 is 6.10 Å². The Hall–Kier alpha value is -2.69. The zero-order valence-corrected chi connectivity index (χ0v) is 15.8. The van der Waals surface area contributed by atoms with E-state index >= 15 is 0 Å². The van der Waals surface area contributed by atoms with E-state index in [1.54, 1.807) is 26.2 Å². The first-order valence-corrected chi connectivity index (χ1v) is 8.82. The highest BCUT2D eigenvalue weighted by Gasteiger charge is 2.16. The average molecular weight is 357 g/mol. The van der Waals surface area contributed by atoms with Crippen molar-refractivity contribution in [2.24, 2.45) is 0 Å². The van der Waals surface area contributed by atoms with Gasteiger partial charge in [0.1, 0.15) is 12.4 Å². The van der Waals surface area contributed by atoms with Crippen LogP contribution in [-0.2, 0) is 4.79 Å². The van der Waals surface area contributed by atoms with Gasteiger partial charge in [0.25, 0.3) is 5.91 Å². The Balaban J connectivity index is 1.80. The van der Waals surface area contributed by atoms with E-state index in [9.17, 15) is 4.79 Å². The van der Waals surface area contributed by atoms with Gasteiger partial charge in [0.15, 0.2) is 17.6 Å². The summed E-state index contributed by atoms with van der Waals surface area (Å²) in [7, 11) is 1.57. The van der Waals surface area contributed by atoms with Gasteiger partial charge in [-0.1, -0.05) is 44.2 Å². The van der Waals surface area contributed by atoms with Gasteiger partial charge >= 0.3 is 0 Å². The van der Waals surface area contributed by atoms with Gasteiger partial charge in [-0.2, -0.15) is 0 Å². The zero-order chi connectivity index (χ0) is 18.9. The Kier molecular flexibility index (Phi) is 7.33. The molecule has 140 valence electrons. The number of rotatable bonds is 9. The molecule has 2 aromatic carbocycles. The van der Waals surface area contributed by atoms with Gasteiger partial charge < -0.3 is 19.5 Å². The lowest BCUT2D eigenvalue weighted by Crippen LogP contribution is -2.38. The van der Waals surface area contributed by atoms with Crippen molar-refractivity contribution in [3.8, 4) is 17.2 Å². The third-order valence-electron chi connectivity index (χ3n) is 3.94. The van der Waals surface area contributed by atoms with Crippen LogP contribution in [0, 0.1) is 0 Å². The molecule has 0 saturated carbocycles. The van der Waals surface area contributed by atoms with E-state index in [-0.39, 0.29) is 5.91 Å². The minimum absolute atomic E-state index is 0.198. The molecule has 5 nitrogen and oxygen atoms in total. The molecule has 5 heteroatoms. The zero-order valence-electron chi connectivity index (χ0n) is 15.8. The molecule has 0 bridgehead atoms. The first-order chi connectivity index (χ1) is 12.5. The molecular formula is C21H27NO4. The molecule has 0 unspecified atom stereocenters. The molecule has 0 spiro atoms. The van der Waals surface area contributed by atoms with Crippen molar-refractivity contribution in [2.45, 2.75) is 32.8 Å². The number of methoxy groups -OCH3 is 1. The van der Waals surface area contributed by atoms with Crippen molar-refractivity contribution in [1.82, 2.24) is 5.32 Å². The van der Waals surface area contributed by atoms with E-state index in [0.717, 1.165) is 11.3 Å². The van der Waals surface area contributed by atoms with Crippen LogP contribution >= 0.6 is 0 Å². The highest BCUT2D eigenvalue weighted by Crippen LogP contribution is 2.27. The van der Waals surface area contributed by atoms with Crippen LogP contribution < -0.4 is 19.5 Å². The van der Waals surface area contributed by atoms with E-state index in [1.807, 2.05) is 30.3 Å². The molecule has 0 radical (unpaired) electrons. The average Bonchev–Trinajstić information content (AvgIpc) is 2.65. The van der Waals surface area contributed by atoms with Gasteiger partial charge in [0.05, 0.1) is 13.7 Å². The minimum atomic E-state index is -0.630. The fourth-order valence-electron chi connectivity index (χ4n) is 2.53. The molecule has 0 aliphatic heterocycles. The second kappa shape index (κ2) is 9.70. The van der Waals surface area contributed by atoms with Crippen LogP contribution in [0.25, 0.3) is 0 Å². The fourth-order valence-corrected chi connectivity index (χ4v) is 2.53. The molecular weight excluding hydrogens is 330 g/mol. The monoisotopic (exact) mass is 357 g/mol. The Morgan fingerprint density at radius 3 is 2.23 bits per heavy atom. The Labute approximate surface area is 155 Å². The molecule has 0 aliphatic carbocycles. The van der Waals surface area contributed by atoms with Crippen LogP contribution in [0.4, 0.5) is 0 Å². The minimum Gasteiger partial charge on any atom is -0.493 e. The smallest absolute Gasteiger partial charge is 0.260 e. The SMILES string of the molecule is COc1ccccc1O[C@H](C)C(=O)NCCOc1ccccc1C(C)C. The first kappa shape index (κ1) is 19.6. The predicted octanol–water partition coefficient (Wildman–Crippen LogP) is 3.78. The lowest BCUT2D eigenvalue weighted by Gasteiger charge is -2.17. The summed E-state index contributed by atoms with van der Waals surface area (Å²) in [6, 6.07) is 15.2. The number of ether oxygens (including phenoxy) is 3. The van der Waals surface area contributed by atoms with Crippen molar-refractivity contribution in [3.63, 3.8) is 0 Å². The van der Waals surface area contributed by atoms with Crippen LogP contribution in [0.5, 0.6) is 17.2 Å². The summed E-state index contributed by atoms with van der Waals surface area (Å²) < 4.78 is 16.7. The molecule has 2 rings (SSSR count). The molecule has 0 aromatic heterocycles. The predicted molar refractivity (Wildman–Crippen MR) is 102 cm³/mol. The van der Waals surface area contributed by atoms with Gasteiger partial charge in [0.2, 0.25) is 0 Å². The fraction of sp³-hybridized carbons (Fsp3) is 0.381. The molecule has 1 N–H and O–H groups in total. The molecule has 0 heterocycles. The van der Waals surface area contributed by atoms with Crippen LogP contribution in [0.1, 0.15) is 32.3 Å². The quantitative estimate of drug-likeness (QED) is 0.694. The summed E-state index contributed by atoms with van der Waals surface area (Å²) in [5, 5.41) is 2.83. The molecule has 1 atom stereocenters. The maximum atomic E-state index is 12.2. The topological polar surface area (TPSA) is 56.8 Å². The number of amides is 1. The summed E-state index contributed by atoms with van der Waals surface area (Å²) in [4.78, 5) is 12.2. The molecule has 2 aromatic rings. The highest BCUT2D eigenvalue weighted by atomic mass is 16.5. The number of para-hydroxylation sites is 3. The van der Waals surface area contributed by atoms with Crippen LogP contribution in [0.2, 0.25) is 0 Å². The van der Waals surface area contributed by atoms with Gasteiger partial charge in [-0.3, -0.25) is 4.79 Å². The van der Waals surface area contributed by atoms with E-state index in [2.05, 4.69) is 25.2 Å². The van der Waals surface area contributed by atoms with E-state index in [0.29, 0.717) is 30.6 Å². The number of nitrogens with one attached hydrogen (secondary N) is 1. The highest BCUT2D eigenvalue weighted by molar-refractivity contribution is 5.80. The third kappa shape index (κ3) is 5.41. The van der Waals surface area contributed by atoms with Gasteiger partial charge in [-0.25, -0.2) is 0 Å². The third-order valence-corrected chi connectivity index (χ3v) is 3.94. The van der Waals surface area contributed by atoms with Crippen molar-refractivity contribution in [2.75, 3.05) is 20.3 Å². The summed E-state index contributed by atoms with van der Waals surface area (Å²) in [5.74, 6) is 2.18. The second-order valence-electron chi connectivity index (χ2n) is 6.24. The molecule has 0 saturated heterocycles. The standard InChI is InChI=1S/C21H27NO4/c1-15(2)17-9-5-6-10-18(17)25-14-13-22-21(23)16(3)26-20-12-8-7-11-19(20)24-4/h5-12,15-16H,13-14H2,1-4H3,(H,22,23)/t16-/m1/s1. The van der Waals surface area contributed by atoms with Crippen molar-refractivity contribution >= 4 is 5.91 Å². The lowest BCUT2D eigenvalue weighted by molar-refractivity contribution is -0.127. The molecule has 26 heavy (non-hydrogen) atoms. The molecule has 0 aliphatic rings. The Bertz CT molecular complexity index is 715. The lowest BCUT2D eigenvalue weighted by atomic mass is 10.0. The van der Waals surface area contributed by atoms with Crippen LogP contribution in [0.3, 0.4) is 0 Å². The maximum absolute atomic E-state index is 12.2. The largest absolute Gasteiger partial charge is 0.493 e. The van der Waals surface area contributed by atoms with Gasteiger partial charge in [-0.05, 0) is 36.6 Å². The summed E-state index contributed by atoms with van der Waals surface area (Å²) in [6.07, 6.45) is -0.630. The van der Waals surface area contributed by atoms with Crippen molar-refractivity contribution < 1.29 is 19.0 Å². The van der Waals surface area contributed by atoms with Crippen molar-refractivity contribution in [3.05, 3.63) is 54.1 Å². The summed E-state index contributed by atoms with van der Waals surface area (Å²) in [5.41, 5.74) is 1.16. The number of carbonyl (C=O) groups excluding carboxylic acids is 1. The number of hydrogen-bond acceptors (Lipinski definition) is 4. The number of carbonyl (C=O) groups is 1. The number of hydrogen-bond donors (Lipinski definition) is 1. The Morgan fingerprint density at radius 2 is 1.58 bits per heavy atom. The summed E-state index contributed by atoms with van der Waals surface area (Å²) >= 11 is 0. The first-order valence-electron chi connectivity index (χ1n) is 8.82. The van der Waals surface area contributed by atoms with Gasteiger partial charge in [-0.15, -0.1) is 0 Å².